The molecular formula is C18H29NO3. The summed E-state index contributed by atoms with van der Waals surface area (Å²) in [4.78, 5) is 23.3. The lowest BCUT2D eigenvalue weighted by Gasteiger charge is -2.08. The topological polar surface area (TPSA) is 59.3 Å². The highest BCUT2D eigenvalue weighted by molar-refractivity contribution is 5.87. The van der Waals surface area contributed by atoms with Gasteiger partial charge in [0, 0.05) is 24.5 Å². The van der Waals surface area contributed by atoms with Crippen molar-refractivity contribution in [1.82, 2.24) is 4.57 Å². The van der Waals surface area contributed by atoms with Gasteiger partial charge >= 0.3 is 5.97 Å². The van der Waals surface area contributed by atoms with Crippen molar-refractivity contribution in [3.05, 3.63) is 33.7 Å². The molecule has 0 aliphatic rings. The van der Waals surface area contributed by atoms with E-state index in [1.807, 2.05) is 6.92 Å². The van der Waals surface area contributed by atoms with E-state index in [4.69, 9.17) is 5.11 Å². The summed E-state index contributed by atoms with van der Waals surface area (Å²) in [6.45, 7) is 4.83. The van der Waals surface area contributed by atoms with Crippen LogP contribution in [0.1, 0.15) is 81.1 Å². The van der Waals surface area contributed by atoms with Crippen LogP contribution in [0.5, 0.6) is 0 Å². The van der Waals surface area contributed by atoms with Crippen LogP contribution in [-0.4, -0.2) is 15.6 Å². The Morgan fingerprint density at radius 1 is 1.00 bits per heavy atom. The van der Waals surface area contributed by atoms with E-state index < -0.39 is 5.97 Å². The van der Waals surface area contributed by atoms with Gasteiger partial charge in [0.2, 0.25) is 0 Å². The molecule has 0 atom stereocenters. The summed E-state index contributed by atoms with van der Waals surface area (Å²) < 4.78 is 1.78. The molecule has 1 N–H and O–H groups in total. The minimum atomic E-state index is -1.13. The third-order valence-electron chi connectivity index (χ3n) is 4.05. The third-order valence-corrected chi connectivity index (χ3v) is 4.05. The first-order valence-electron chi connectivity index (χ1n) is 8.56. The van der Waals surface area contributed by atoms with E-state index in [1.54, 1.807) is 10.8 Å². The standard InChI is InChI=1S/C18H29NO3/c1-3-5-6-7-8-9-10-11-12-15-13-19(4-2)14-16(17(15)20)18(21)22/h13-14H,3-12H2,1-2H3,(H,21,22). The maximum Gasteiger partial charge on any atom is 0.341 e. The van der Waals surface area contributed by atoms with Crippen LogP contribution in [0.15, 0.2) is 17.2 Å². The van der Waals surface area contributed by atoms with E-state index in [-0.39, 0.29) is 11.0 Å². The van der Waals surface area contributed by atoms with Crippen molar-refractivity contribution >= 4 is 5.97 Å². The van der Waals surface area contributed by atoms with E-state index in [2.05, 4.69) is 6.92 Å². The largest absolute Gasteiger partial charge is 0.477 e. The van der Waals surface area contributed by atoms with Gasteiger partial charge in [-0.3, -0.25) is 4.79 Å². The number of hydrogen-bond donors (Lipinski definition) is 1. The molecule has 0 spiro atoms. The Balaban J connectivity index is 2.47. The van der Waals surface area contributed by atoms with Crippen molar-refractivity contribution in [3.8, 4) is 0 Å². The van der Waals surface area contributed by atoms with Gasteiger partial charge in [0.25, 0.3) is 0 Å². The number of rotatable bonds is 11. The second-order valence-electron chi connectivity index (χ2n) is 5.89. The van der Waals surface area contributed by atoms with E-state index >= 15 is 0 Å². The van der Waals surface area contributed by atoms with Crippen LogP contribution >= 0.6 is 0 Å². The first-order chi connectivity index (χ1) is 10.6. The van der Waals surface area contributed by atoms with Gasteiger partial charge in [-0.05, 0) is 19.8 Å². The van der Waals surface area contributed by atoms with Gasteiger partial charge in [-0.15, -0.1) is 0 Å². The molecule has 0 amide bonds. The number of hydrogen-bond acceptors (Lipinski definition) is 2. The fraction of sp³-hybridized carbons (Fsp3) is 0.667. The molecule has 1 aromatic rings. The number of carboxylic acids is 1. The molecule has 4 heteroatoms. The lowest BCUT2D eigenvalue weighted by Crippen LogP contribution is -2.21. The molecule has 1 rings (SSSR count). The molecule has 0 bridgehead atoms. The Labute approximate surface area is 133 Å². The number of aryl methyl sites for hydroxylation is 2. The summed E-state index contributed by atoms with van der Waals surface area (Å²) >= 11 is 0. The Bertz CT molecular complexity index is 520. The number of aromatic carboxylic acids is 1. The Kier molecular flexibility index (Phi) is 8.56. The molecule has 0 saturated heterocycles. The molecule has 1 aromatic heterocycles. The number of pyridine rings is 1. The van der Waals surface area contributed by atoms with Crippen molar-refractivity contribution < 1.29 is 9.90 Å². The van der Waals surface area contributed by atoms with Crippen molar-refractivity contribution in [2.45, 2.75) is 78.2 Å². The molecule has 0 aliphatic heterocycles. The van der Waals surface area contributed by atoms with Crippen LogP contribution in [0.25, 0.3) is 0 Å². The van der Waals surface area contributed by atoms with Gasteiger partial charge in [-0.2, -0.15) is 0 Å². The van der Waals surface area contributed by atoms with E-state index in [1.165, 1.54) is 44.7 Å². The van der Waals surface area contributed by atoms with Gasteiger partial charge in [0.05, 0.1) is 0 Å². The van der Waals surface area contributed by atoms with E-state index in [9.17, 15) is 9.59 Å². The highest BCUT2D eigenvalue weighted by Crippen LogP contribution is 2.10. The van der Waals surface area contributed by atoms with Crippen molar-refractivity contribution in [1.29, 1.82) is 0 Å². The number of carboxylic acid groups (broad SMARTS) is 1. The van der Waals surface area contributed by atoms with Gasteiger partial charge < -0.3 is 9.67 Å². The van der Waals surface area contributed by atoms with Crippen molar-refractivity contribution in [2.24, 2.45) is 0 Å². The summed E-state index contributed by atoms with van der Waals surface area (Å²) in [6.07, 6.45) is 13.6. The van der Waals surface area contributed by atoms with Gasteiger partial charge in [0.15, 0.2) is 5.43 Å². The lowest BCUT2D eigenvalue weighted by atomic mass is 10.0. The maximum atomic E-state index is 12.1. The SMILES string of the molecule is CCCCCCCCCCc1cn(CC)cc(C(=O)O)c1=O. The fourth-order valence-electron chi connectivity index (χ4n) is 2.66. The summed E-state index contributed by atoms with van der Waals surface area (Å²) in [5.41, 5.74) is 0.201. The monoisotopic (exact) mass is 307 g/mol. The molecular weight excluding hydrogens is 278 g/mol. The first-order valence-corrected chi connectivity index (χ1v) is 8.56. The molecule has 4 nitrogen and oxygen atoms in total. The molecule has 0 radical (unpaired) electrons. The molecule has 0 unspecified atom stereocenters. The maximum absolute atomic E-state index is 12.1. The zero-order valence-electron chi connectivity index (χ0n) is 13.9. The molecule has 0 aromatic carbocycles. The van der Waals surface area contributed by atoms with Crippen LogP contribution < -0.4 is 5.43 Å². The van der Waals surface area contributed by atoms with Crippen LogP contribution in [0.2, 0.25) is 0 Å². The minimum absolute atomic E-state index is 0.112. The minimum Gasteiger partial charge on any atom is -0.477 e. The second-order valence-corrected chi connectivity index (χ2v) is 5.89. The van der Waals surface area contributed by atoms with Crippen molar-refractivity contribution in [2.75, 3.05) is 0 Å². The summed E-state index contributed by atoms with van der Waals surface area (Å²) in [5, 5.41) is 9.11. The zero-order chi connectivity index (χ0) is 16.4. The predicted molar refractivity (Wildman–Crippen MR) is 89.6 cm³/mol. The highest BCUT2D eigenvalue weighted by atomic mass is 16.4. The second kappa shape index (κ2) is 10.2. The Morgan fingerprint density at radius 2 is 1.59 bits per heavy atom. The average molecular weight is 307 g/mol. The quantitative estimate of drug-likeness (QED) is 0.622. The Morgan fingerprint density at radius 3 is 2.14 bits per heavy atom. The molecule has 0 saturated carbocycles. The number of unbranched alkanes of at least 4 members (excludes halogenated alkanes) is 7. The summed E-state index contributed by atoms with van der Waals surface area (Å²) in [6, 6.07) is 0. The molecule has 1 heterocycles. The van der Waals surface area contributed by atoms with Crippen LogP contribution in [0, 0.1) is 0 Å². The van der Waals surface area contributed by atoms with Gasteiger partial charge in [0.1, 0.15) is 5.56 Å². The predicted octanol–water partition coefficient (Wildman–Crippen LogP) is 4.25. The highest BCUT2D eigenvalue weighted by Gasteiger charge is 2.13. The van der Waals surface area contributed by atoms with E-state index in [0.717, 1.165) is 12.8 Å². The third kappa shape index (κ3) is 6.04. The van der Waals surface area contributed by atoms with Crippen LogP contribution in [-0.2, 0) is 13.0 Å². The van der Waals surface area contributed by atoms with Crippen LogP contribution in [0.3, 0.4) is 0 Å². The molecule has 0 aliphatic carbocycles. The number of carbonyl (C=O) groups is 1. The molecule has 124 valence electrons. The summed E-state index contributed by atoms with van der Waals surface area (Å²) in [5.74, 6) is -1.13. The first kappa shape index (κ1) is 18.5. The van der Waals surface area contributed by atoms with Gasteiger partial charge in [-0.1, -0.05) is 51.9 Å². The zero-order valence-corrected chi connectivity index (χ0v) is 13.9. The van der Waals surface area contributed by atoms with Crippen molar-refractivity contribution in [3.63, 3.8) is 0 Å². The lowest BCUT2D eigenvalue weighted by molar-refractivity contribution is 0.0694. The number of aromatic nitrogens is 1. The Hall–Kier alpha value is -1.58. The van der Waals surface area contributed by atoms with E-state index in [0.29, 0.717) is 18.5 Å². The average Bonchev–Trinajstić information content (AvgIpc) is 2.51. The summed E-state index contributed by atoms with van der Waals surface area (Å²) in [7, 11) is 0. The fourth-order valence-corrected chi connectivity index (χ4v) is 2.66. The van der Waals surface area contributed by atoms with Gasteiger partial charge in [-0.25, -0.2) is 4.79 Å². The normalized spacial score (nSPS) is 10.8. The smallest absolute Gasteiger partial charge is 0.341 e. The van der Waals surface area contributed by atoms with Crippen LogP contribution in [0.4, 0.5) is 0 Å². The molecule has 22 heavy (non-hydrogen) atoms. The number of nitrogens with zero attached hydrogens (tertiary/aromatic N) is 1. The molecule has 0 fully saturated rings.